The summed E-state index contributed by atoms with van der Waals surface area (Å²) in [5, 5.41) is 2.81. The van der Waals surface area contributed by atoms with E-state index in [1.54, 1.807) is 0 Å². The average Bonchev–Trinajstić information content (AvgIpc) is 3.12. The number of alkyl halides is 3. The molecular weight excluding hydrogens is 518 g/mol. The molecule has 0 atom stereocenters. The Balaban J connectivity index is 1.52. The summed E-state index contributed by atoms with van der Waals surface area (Å²) in [6, 6.07) is 12.1. The summed E-state index contributed by atoms with van der Waals surface area (Å²) in [6.07, 6.45) is -4.53. The Kier molecular flexibility index (Phi) is 5.59. The van der Waals surface area contributed by atoms with E-state index in [0.717, 1.165) is 36.4 Å². The van der Waals surface area contributed by atoms with Crippen molar-refractivity contribution >= 4 is 54.4 Å². The third-order valence-corrected chi connectivity index (χ3v) is 6.27. The van der Waals surface area contributed by atoms with Crippen LogP contribution in [0.4, 0.5) is 35.0 Å². The standard InChI is InChI=1S/C20H12BrF4N3O3S/c21-16-9-11(20(23,24)25)10-17-18(16)31-19(27-17)26-13-3-5-14(6-4-13)28-32(29,30)15-7-1-12(22)2-8-15/h1-10,28H,(H,26,27). The van der Waals surface area contributed by atoms with Gasteiger partial charge in [-0.2, -0.15) is 18.2 Å². The maximum Gasteiger partial charge on any atom is 0.416 e. The SMILES string of the molecule is O=S(=O)(Nc1ccc(Nc2nc3cc(C(F)(F)F)cc(Br)c3o2)cc1)c1ccc(F)cc1. The van der Waals surface area contributed by atoms with E-state index in [0.29, 0.717) is 5.69 Å². The fraction of sp³-hybridized carbons (Fsp3) is 0.0500. The van der Waals surface area contributed by atoms with Crippen LogP contribution in [0.5, 0.6) is 0 Å². The van der Waals surface area contributed by atoms with Gasteiger partial charge < -0.3 is 9.73 Å². The van der Waals surface area contributed by atoms with Gasteiger partial charge >= 0.3 is 6.18 Å². The molecule has 0 aliphatic carbocycles. The monoisotopic (exact) mass is 529 g/mol. The second kappa shape index (κ2) is 8.10. The van der Waals surface area contributed by atoms with Gasteiger partial charge in [0.2, 0.25) is 0 Å². The van der Waals surface area contributed by atoms with Crippen molar-refractivity contribution < 1.29 is 30.4 Å². The minimum atomic E-state index is -4.53. The van der Waals surface area contributed by atoms with E-state index in [2.05, 4.69) is 31.0 Å². The summed E-state index contributed by atoms with van der Waals surface area (Å²) >= 11 is 3.05. The van der Waals surface area contributed by atoms with Gasteiger partial charge in [0.25, 0.3) is 16.0 Å². The van der Waals surface area contributed by atoms with Crippen molar-refractivity contribution in [2.24, 2.45) is 0 Å². The van der Waals surface area contributed by atoms with Gasteiger partial charge in [-0.3, -0.25) is 4.72 Å². The Morgan fingerprint density at radius 1 is 0.938 bits per heavy atom. The Hall–Kier alpha value is -3.12. The third-order valence-electron chi connectivity index (χ3n) is 4.28. The number of nitrogens with zero attached hydrogens (tertiary/aromatic N) is 1. The third kappa shape index (κ3) is 4.70. The molecule has 12 heteroatoms. The molecular formula is C20H12BrF4N3O3S. The smallest absolute Gasteiger partial charge is 0.416 e. The molecule has 1 heterocycles. The molecule has 0 fully saturated rings. The predicted molar refractivity (Wildman–Crippen MR) is 114 cm³/mol. The molecule has 0 unspecified atom stereocenters. The first-order chi connectivity index (χ1) is 15.0. The summed E-state index contributed by atoms with van der Waals surface area (Å²) in [5.41, 5.74) is -0.0139. The minimum Gasteiger partial charge on any atom is -0.422 e. The van der Waals surface area contributed by atoms with E-state index in [1.807, 2.05) is 0 Å². The van der Waals surface area contributed by atoms with E-state index in [1.165, 1.54) is 24.3 Å². The van der Waals surface area contributed by atoms with Crippen molar-refractivity contribution in [3.8, 4) is 0 Å². The first-order valence-corrected chi connectivity index (χ1v) is 11.1. The zero-order chi connectivity index (χ0) is 23.1. The summed E-state index contributed by atoms with van der Waals surface area (Å²) in [5.74, 6) is -0.555. The number of sulfonamides is 1. The minimum absolute atomic E-state index is 0.0119. The average molecular weight is 530 g/mol. The number of oxazole rings is 1. The van der Waals surface area contributed by atoms with Gasteiger partial charge in [0.1, 0.15) is 11.3 Å². The number of hydrogen-bond acceptors (Lipinski definition) is 5. The molecule has 0 saturated carbocycles. The molecule has 166 valence electrons. The van der Waals surface area contributed by atoms with Crippen LogP contribution < -0.4 is 10.0 Å². The zero-order valence-corrected chi connectivity index (χ0v) is 18.1. The molecule has 4 rings (SSSR count). The van der Waals surface area contributed by atoms with Gasteiger partial charge in [0, 0.05) is 11.4 Å². The number of benzene rings is 3. The number of rotatable bonds is 5. The van der Waals surface area contributed by atoms with Crippen molar-refractivity contribution in [3.05, 3.63) is 76.5 Å². The maximum atomic E-state index is 13.0. The fourth-order valence-corrected chi connectivity index (χ4v) is 4.37. The lowest BCUT2D eigenvalue weighted by Gasteiger charge is -2.09. The van der Waals surface area contributed by atoms with Crippen LogP contribution in [-0.4, -0.2) is 13.4 Å². The molecule has 0 aliphatic rings. The van der Waals surface area contributed by atoms with Crippen LogP contribution in [0.1, 0.15) is 5.56 Å². The Morgan fingerprint density at radius 2 is 1.56 bits per heavy atom. The first kappa shape index (κ1) is 22.1. The van der Waals surface area contributed by atoms with Crippen LogP contribution in [0.2, 0.25) is 0 Å². The van der Waals surface area contributed by atoms with Crippen LogP contribution in [0.25, 0.3) is 11.1 Å². The lowest BCUT2D eigenvalue weighted by atomic mass is 10.2. The van der Waals surface area contributed by atoms with Crippen LogP contribution in [0, 0.1) is 5.82 Å². The van der Waals surface area contributed by atoms with Crippen LogP contribution in [0.3, 0.4) is 0 Å². The number of hydrogen-bond donors (Lipinski definition) is 2. The molecule has 0 saturated heterocycles. The van der Waals surface area contributed by atoms with Crippen LogP contribution in [0.15, 0.2) is 74.4 Å². The quantitative estimate of drug-likeness (QED) is 0.296. The van der Waals surface area contributed by atoms with Gasteiger partial charge in [-0.05, 0) is 76.6 Å². The molecule has 0 aliphatic heterocycles. The van der Waals surface area contributed by atoms with E-state index < -0.39 is 27.6 Å². The Morgan fingerprint density at radius 3 is 2.19 bits per heavy atom. The van der Waals surface area contributed by atoms with Gasteiger partial charge in [0.05, 0.1) is 14.9 Å². The fourth-order valence-electron chi connectivity index (χ4n) is 2.78. The Labute approximate surface area is 187 Å². The van der Waals surface area contributed by atoms with Crippen LogP contribution in [-0.2, 0) is 16.2 Å². The lowest BCUT2D eigenvalue weighted by Crippen LogP contribution is -2.12. The van der Waals surface area contributed by atoms with Crippen molar-refractivity contribution in [1.82, 2.24) is 4.98 Å². The molecule has 2 N–H and O–H groups in total. The number of nitrogens with one attached hydrogen (secondary N) is 2. The molecule has 0 amide bonds. The zero-order valence-electron chi connectivity index (χ0n) is 15.7. The summed E-state index contributed by atoms with van der Waals surface area (Å²) in [7, 11) is -3.91. The molecule has 32 heavy (non-hydrogen) atoms. The van der Waals surface area contributed by atoms with Crippen molar-refractivity contribution in [2.75, 3.05) is 10.0 Å². The van der Waals surface area contributed by atoms with Gasteiger partial charge in [0.15, 0.2) is 5.58 Å². The van der Waals surface area contributed by atoms with Crippen molar-refractivity contribution in [2.45, 2.75) is 11.1 Å². The van der Waals surface area contributed by atoms with Crippen molar-refractivity contribution in [3.63, 3.8) is 0 Å². The molecule has 6 nitrogen and oxygen atoms in total. The Bertz CT molecular complexity index is 1390. The summed E-state index contributed by atoms with van der Waals surface area (Å²) in [4.78, 5) is 3.92. The van der Waals surface area contributed by atoms with E-state index in [9.17, 15) is 26.0 Å². The lowest BCUT2D eigenvalue weighted by molar-refractivity contribution is -0.137. The normalized spacial score (nSPS) is 12.2. The second-order valence-electron chi connectivity index (χ2n) is 6.58. The maximum absolute atomic E-state index is 13.0. The highest BCUT2D eigenvalue weighted by molar-refractivity contribution is 9.10. The molecule has 0 spiro atoms. The number of fused-ring (bicyclic) bond motifs is 1. The molecule has 4 aromatic rings. The largest absolute Gasteiger partial charge is 0.422 e. The van der Waals surface area contributed by atoms with Gasteiger partial charge in [-0.1, -0.05) is 0 Å². The molecule has 0 bridgehead atoms. The number of halogens is 5. The topological polar surface area (TPSA) is 84.2 Å². The van der Waals surface area contributed by atoms with Crippen molar-refractivity contribution in [1.29, 1.82) is 0 Å². The summed E-state index contributed by atoms with van der Waals surface area (Å²) in [6.45, 7) is 0. The summed E-state index contributed by atoms with van der Waals surface area (Å²) < 4.78 is 84.6. The second-order valence-corrected chi connectivity index (χ2v) is 9.12. The highest BCUT2D eigenvalue weighted by Gasteiger charge is 2.32. The molecule has 3 aromatic carbocycles. The van der Waals surface area contributed by atoms with E-state index >= 15 is 0 Å². The highest BCUT2D eigenvalue weighted by Crippen LogP contribution is 2.36. The molecule has 1 aromatic heterocycles. The van der Waals surface area contributed by atoms with Gasteiger partial charge in [-0.25, -0.2) is 12.8 Å². The van der Waals surface area contributed by atoms with E-state index in [-0.39, 0.29) is 32.2 Å². The number of anilines is 3. The molecule has 0 radical (unpaired) electrons. The van der Waals surface area contributed by atoms with E-state index in [4.69, 9.17) is 4.42 Å². The predicted octanol–water partition coefficient (Wildman–Crippen LogP) is 6.29. The van der Waals surface area contributed by atoms with Crippen LogP contribution >= 0.6 is 15.9 Å². The number of aromatic nitrogens is 1. The van der Waals surface area contributed by atoms with Gasteiger partial charge in [-0.15, -0.1) is 0 Å². The first-order valence-electron chi connectivity index (χ1n) is 8.84. The highest BCUT2D eigenvalue weighted by atomic mass is 79.9.